The van der Waals surface area contributed by atoms with Gasteiger partial charge in [-0.3, -0.25) is 0 Å². The van der Waals surface area contributed by atoms with Gasteiger partial charge in [0.15, 0.2) is 0 Å². The van der Waals surface area contributed by atoms with E-state index in [9.17, 15) is 9.18 Å². The number of aromatic nitrogens is 3. The predicted molar refractivity (Wildman–Crippen MR) is 136 cm³/mol. The number of carbonyl (C=O) groups excluding carboxylic acids is 1. The van der Waals surface area contributed by atoms with Gasteiger partial charge in [0.25, 0.3) is 0 Å². The van der Waals surface area contributed by atoms with Crippen molar-refractivity contribution >= 4 is 6.03 Å². The molecule has 8 heteroatoms. The molecule has 1 atom stereocenters. The lowest BCUT2D eigenvalue weighted by Crippen LogP contribution is -2.42. The number of urea groups is 1. The van der Waals surface area contributed by atoms with E-state index in [0.717, 1.165) is 28.5 Å². The summed E-state index contributed by atoms with van der Waals surface area (Å²) in [5, 5.41) is 7.99. The van der Waals surface area contributed by atoms with Crippen LogP contribution in [0.1, 0.15) is 41.9 Å². The molecule has 2 amide bonds. The highest BCUT2D eigenvalue weighted by atomic mass is 19.1. The van der Waals surface area contributed by atoms with Gasteiger partial charge < -0.3 is 19.5 Å². The Hall–Kier alpha value is -3.91. The van der Waals surface area contributed by atoms with Crippen LogP contribution >= 0.6 is 0 Å². The summed E-state index contributed by atoms with van der Waals surface area (Å²) in [6, 6.07) is 19.7. The van der Waals surface area contributed by atoms with Gasteiger partial charge in [-0.2, -0.15) is 5.10 Å². The fourth-order valence-corrected chi connectivity index (χ4v) is 4.89. The highest BCUT2D eigenvalue weighted by Gasteiger charge is 2.36. The molecule has 7 nitrogen and oxygen atoms in total. The van der Waals surface area contributed by atoms with Crippen LogP contribution in [0.2, 0.25) is 0 Å². The van der Waals surface area contributed by atoms with Gasteiger partial charge in [0.1, 0.15) is 11.6 Å². The van der Waals surface area contributed by atoms with Crippen molar-refractivity contribution in [2.45, 2.75) is 32.4 Å². The largest absolute Gasteiger partial charge is 0.385 e. The number of aryl methyl sites for hydroxylation is 1. The Bertz CT molecular complexity index is 1350. The van der Waals surface area contributed by atoms with E-state index >= 15 is 0 Å². The maximum absolute atomic E-state index is 14.4. The number of hydrogen-bond acceptors (Lipinski definition) is 3. The van der Waals surface area contributed by atoms with Crippen molar-refractivity contribution in [2.24, 2.45) is 0 Å². The van der Waals surface area contributed by atoms with Gasteiger partial charge in [-0.05, 0) is 54.8 Å². The molecule has 1 aliphatic rings. The Morgan fingerprint density at radius 3 is 2.72 bits per heavy atom. The molecule has 0 spiro atoms. The predicted octanol–water partition coefficient (Wildman–Crippen LogP) is 5.02. The van der Waals surface area contributed by atoms with E-state index in [1.807, 2.05) is 59.4 Å². The summed E-state index contributed by atoms with van der Waals surface area (Å²) in [5.74, 6) is 0.562. The molecule has 2 aromatic heterocycles. The second-order valence-electron chi connectivity index (χ2n) is 8.82. The first-order valence-corrected chi connectivity index (χ1v) is 12.2. The summed E-state index contributed by atoms with van der Waals surface area (Å²) in [5.41, 5.74) is 4.42. The van der Waals surface area contributed by atoms with E-state index < -0.39 is 6.04 Å². The fraction of sp³-hybridized carbons (Fsp3) is 0.286. The van der Waals surface area contributed by atoms with Crippen molar-refractivity contribution in [3.63, 3.8) is 0 Å². The number of nitrogens with one attached hydrogen (secondary N) is 1. The number of halogens is 1. The SMILES string of the molecule is CCc1nn(-c2ccccc2)c2c1CN(C(=O)NCCCOC)[C@H](c1cccc(F)c1)c1cccn1-2. The third kappa shape index (κ3) is 4.40. The number of fused-ring (bicyclic) bond motifs is 3. The molecule has 0 bridgehead atoms. The molecule has 0 fully saturated rings. The molecule has 1 aliphatic heterocycles. The molecular formula is C28H30FN5O2. The van der Waals surface area contributed by atoms with E-state index in [2.05, 4.69) is 16.8 Å². The molecule has 5 rings (SSSR count). The van der Waals surface area contributed by atoms with Gasteiger partial charge in [-0.15, -0.1) is 0 Å². The molecule has 1 N–H and O–H groups in total. The van der Waals surface area contributed by atoms with Crippen molar-refractivity contribution in [2.75, 3.05) is 20.3 Å². The second-order valence-corrected chi connectivity index (χ2v) is 8.82. The van der Waals surface area contributed by atoms with E-state index in [1.54, 1.807) is 18.1 Å². The number of hydrogen-bond donors (Lipinski definition) is 1. The molecule has 36 heavy (non-hydrogen) atoms. The number of ether oxygens (including phenoxy) is 1. The van der Waals surface area contributed by atoms with Crippen LogP contribution in [0.5, 0.6) is 0 Å². The molecule has 2 aromatic carbocycles. The zero-order valence-electron chi connectivity index (χ0n) is 20.5. The zero-order chi connectivity index (χ0) is 25.1. The van der Waals surface area contributed by atoms with Gasteiger partial charge in [-0.25, -0.2) is 13.9 Å². The van der Waals surface area contributed by atoms with Crippen LogP contribution in [0.4, 0.5) is 9.18 Å². The third-order valence-corrected chi connectivity index (χ3v) is 6.53. The van der Waals surface area contributed by atoms with Crippen molar-refractivity contribution in [3.8, 4) is 11.5 Å². The number of rotatable bonds is 7. The number of para-hydroxylation sites is 1. The smallest absolute Gasteiger partial charge is 0.318 e. The molecule has 0 aliphatic carbocycles. The number of methoxy groups -OCH3 is 1. The number of amides is 2. The minimum absolute atomic E-state index is 0.213. The van der Waals surface area contributed by atoms with Crippen molar-refractivity contribution in [1.29, 1.82) is 0 Å². The molecule has 3 heterocycles. The van der Waals surface area contributed by atoms with E-state index in [1.165, 1.54) is 12.1 Å². The van der Waals surface area contributed by atoms with E-state index in [-0.39, 0.29) is 11.8 Å². The first-order valence-electron chi connectivity index (χ1n) is 12.2. The fourth-order valence-electron chi connectivity index (χ4n) is 4.89. The van der Waals surface area contributed by atoms with E-state index in [4.69, 9.17) is 9.84 Å². The maximum atomic E-state index is 14.4. The summed E-state index contributed by atoms with van der Waals surface area (Å²) >= 11 is 0. The first kappa shape index (κ1) is 23.8. The summed E-state index contributed by atoms with van der Waals surface area (Å²) < 4.78 is 23.6. The quantitative estimate of drug-likeness (QED) is 0.373. The van der Waals surface area contributed by atoms with Crippen LogP contribution in [-0.2, 0) is 17.7 Å². The average molecular weight is 488 g/mol. The number of nitrogens with zero attached hydrogens (tertiary/aromatic N) is 4. The first-order chi connectivity index (χ1) is 17.6. The van der Waals surface area contributed by atoms with Crippen LogP contribution in [0, 0.1) is 5.82 Å². The Kier molecular flexibility index (Phi) is 6.86. The maximum Gasteiger partial charge on any atom is 0.318 e. The average Bonchev–Trinajstić information content (AvgIpc) is 3.48. The topological polar surface area (TPSA) is 64.3 Å². The molecular weight excluding hydrogens is 457 g/mol. The van der Waals surface area contributed by atoms with Gasteiger partial charge >= 0.3 is 6.03 Å². The minimum Gasteiger partial charge on any atom is -0.385 e. The molecule has 186 valence electrons. The van der Waals surface area contributed by atoms with Crippen molar-refractivity contribution < 1.29 is 13.9 Å². The van der Waals surface area contributed by atoms with Crippen LogP contribution in [0.25, 0.3) is 11.5 Å². The lowest BCUT2D eigenvalue weighted by Gasteiger charge is -2.31. The summed E-state index contributed by atoms with van der Waals surface area (Å²) in [4.78, 5) is 15.4. The minimum atomic E-state index is -0.487. The number of carbonyl (C=O) groups is 1. The lowest BCUT2D eigenvalue weighted by molar-refractivity contribution is 0.174. The van der Waals surface area contributed by atoms with E-state index in [0.29, 0.717) is 38.1 Å². The molecule has 0 saturated heterocycles. The van der Waals surface area contributed by atoms with Crippen LogP contribution in [0.3, 0.4) is 0 Å². The van der Waals surface area contributed by atoms with Crippen LogP contribution < -0.4 is 5.32 Å². The van der Waals surface area contributed by atoms with Crippen LogP contribution in [-0.4, -0.2) is 45.5 Å². The monoisotopic (exact) mass is 487 g/mol. The molecule has 0 unspecified atom stereocenters. The summed E-state index contributed by atoms with van der Waals surface area (Å²) in [7, 11) is 1.64. The highest BCUT2D eigenvalue weighted by molar-refractivity contribution is 5.76. The Labute approximate surface area is 210 Å². The lowest BCUT2D eigenvalue weighted by atomic mass is 10.0. The molecule has 0 saturated carbocycles. The number of benzene rings is 2. The van der Waals surface area contributed by atoms with Crippen molar-refractivity contribution in [1.82, 2.24) is 24.6 Å². The third-order valence-electron chi connectivity index (χ3n) is 6.53. The Morgan fingerprint density at radius 2 is 1.97 bits per heavy atom. The summed E-state index contributed by atoms with van der Waals surface area (Å²) in [6.45, 7) is 3.45. The highest BCUT2D eigenvalue weighted by Crippen LogP contribution is 2.38. The Balaban J connectivity index is 1.68. The van der Waals surface area contributed by atoms with Gasteiger partial charge in [0, 0.05) is 32.0 Å². The standard InChI is InChI=1S/C28H30FN5O2/c1-3-24-23-19-33(28(35)30-15-9-17-36-2)26(20-10-7-11-21(29)18-20)25-14-8-16-32(25)27(23)34(31-24)22-12-5-4-6-13-22/h4-8,10-14,16,18,26H,3,9,15,17,19H2,1-2H3,(H,30,35)/t26-/m1/s1. The molecule has 4 aromatic rings. The zero-order valence-corrected chi connectivity index (χ0v) is 20.5. The van der Waals surface area contributed by atoms with Crippen molar-refractivity contribution in [3.05, 3.63) is 101 Å². The van der Waals surface area contributed by atoms with Gasteiger partial charge in [-0.1, -0.05) is 37.3 Å². The Morgan fingerprint density at radius 1 is 1.14 bits per heavy atom. The second kappa shape index (κ2) is 10.4. The van der Waals surface area contributed by atoms with Gasteiger partial charge in [0.05, 0.1) is 29.7 Å². The normalized spacial score (nSPS) is 14.8. The summed E-state index contributed by atoms with van der Waals surface area (Å²) in [6.07, 6.45) is 3.40. The van der Waals surface area contributed by atoms with Crippen LogP contribution in [0.15, 0.2) is 72.9 Å². The van der Waals surface area contributed by atoms with Gasteiger partial charge in [0.2, 0.25) is 0 Å². The molecule has 0 radical (unpaired) electrons.